The second-order valence-electron chi connectivity index (χ2n) is 4.55. The van der Waals surface area contributed by atoms with Crippen molar-refractivity contribution in [2.24, 2.45) is 0 Å². The summed E-state index contributed by atoms with van der Waals surface area (Å²) in [7, 11) is 0. The van der Waals surface area contributed by atoms with Crippen molar-refractivity contribution in [3.05, 3.63) is 0 Å². The molecule has 5 heteroatoms. The Morgan fingerprint density at radius 2 is 2.00 bits per heavy atom. The van der Waals surface area contributed by atoms with E-state index in [2.05, 4.69) is 5.32 Å². The molecule has 0 aromatic carbocycles. The minimum absolute atomic E-state index is 0.135. The van der Waals surface area contributed by atoms with Gasteiger partial charge in [-0.1, -0.05) is 6.92 Å². The summed E-state index contributed by atoms with van der Waals surface area (Å²) in [6, 6.07) is 0.135. The van der Waals surface area contributed by atoms with Crippen molar-refractivity contribution in [3.63, 3.8) is 0 Å². The lowest BCUT2D eigenvalue weighted by molar-refractivity contribution is -0.144. The van der Waals surface area contributed by atoms with E-state index < -0.39 is 11.5 Å². The number of carboxylic acids is 1. The van der Waals surface area contributed by atoms with Crippen molar-refractivity contribution >= 4 is 17.7 Å². The predicted molar refractivity (Wildman–Crippen MR) is 67.9 cm³/mol. The minimum Gasteiger partial charge on any atom is -0.480 e. The van der Waals surface area contributed by atoms with Gasteiger partial charge in [0.15, 0.2) is 0 Å². The van der Waals surface area contributed by atoms with Crippen molar-refractivity contribution in [2.75, 3.05) is 12.4 Å². The average molecular weight is 249 g/mol. The number of aliphatic hydroxyl groups is 1. The lowest BCUT2D eigenvalue weighted by Gasteiger charge is -2.31. The smallest absolute Gasteiger partial charge is 0.323 e. The quantitative estimate of drug-likeness (QED) is 0.605. The Hall–Kier alpha value is -0.260. The summed E-state index contributed by atoms with van der Waals surface area (Å²) in [5.41, 5.74) is -0.893. The highest BCUT2D eigenvalue weighted by Crippen LogP contribution is 2.22. The van der Waals surface area contributed by atoms with Crippen LogP contribution in [0.3, 0.4) is 0 Å². The summed E-state index contributed by atoms with van der Waals surface area (Å²) < 4.78 is 0. The van der Waals surface area contributed by atoms with Crippen LogP contribution in [-0.2, 0) is 4.79 Å². The summed E-state index contributed by atoms with van der Waals surface area (Å²) in [6.45, 7) is 7.71. The van der Waals surface area contributed by atoms with E-state index in [-0.39, 0.29) is 17.9 Å². The molecule has 0 saturated carbocycles. The fourth-order valence-corrected chi connectivity index (χ4v) is 2.69. The van der Waals surface area contributed by atoms with Crippen LogP contribution >= 0.6 is 11.8 Å². The first kappa shape index (κ1) is 15.7. The monoisotopic (exact) mass is 249 g/mol. The zero-order chi connectivity index (χ0) is 12.8. The zero-order valence-corrected chi connectivity index (χ0v) is 11.3. The number of thioether (sulfide) groups is 1. The fourth-order valence-electron chi connectivity index (χ4n) is 1.73. The summed E-state index contributed by atoms with van der Waals surface area (Å²) in [6.07, 6.45) is 0.547. The molecule has 3 N–H and O–H groups in total. The molecule has 0 aliphatic carbocycles. The van der Waals surface area contributed by atoms with Gasteiger partial charge in [0.1, 0.15) is 5.54 Å². The van der Waals surface area contributed by atoms with Crippen LogP contribution < -0.4 is 5.32 Å². The standard InChI is InChI=1S/C11H23NO3S/c1-8(2)12-11(4,10(14)15)7-9(3)16-6-5-13/h8-9,12-13H,5-7H2,1-4H3,(H,14,15). The molecule has 0 saturated heterocycles. The molecule has 0 spiro atoms. The van der Waals surface area contributed by atoms with Crippen LogP contribution in [0.25, 0.3) is 0 Å². The van der Waals surface area contributed by atoms with Gasteiger partial charge in [-0.05, 0) is 27.2 Å². The molecule has 0 aromatic heterocycles. The minimum atomic E-state index is -0.893. The van der Waals surface area contributed by atoms with Gasteiger partial charge in [0.05, 0.1) is 6.61 Å². The van der Waals surface area contributed by atoms with E-state index in [0.717, 1.165) is 0 Å². The lowest BCUT2D eigenvalue weighted by Crippen LogP contribution is -2.53. The molecule has 0 fully saturated rings. The van der Waals surface area contributed by atoms with Gasteiger partial charge < -0.3 is 10.2 Å². The summed E-state index contributed by atoms with van der Waals surface area (Å²) in [5, 5.41) is 21.2. The fraction of sp³-hybridized carbons (Fsp3) is 0.909. The van der Waals surface area contributed by atoms with E-state index in [9.17, 15) is 9.90 Å². The van der Waals surface area contributed by atoms with Gasteiger partial charge in [-0.3, -0.25) is 10.1 Å². The topological polar surface area (TPSA) is 69.6 Å². The van der Waals surface area contributed by atoms with Gasteiger partial charge in [-0.15, -0.1) is 0 Å². The maximum Gasteiger partial charge on any atom is 0.323 e. The number of aliphatic carboxylic acids is 1. The second kappa shape index (κ2) is 7.14. The molecule has 0 aromatic rings. The number of hydrogen-bond acceptors (Lipinski definition) is 4. The van der Waals surface area contributed by atoms with Gasteiger partial charge in [0.2, 0.25) is 0 Å². The first-order valence-corrected chi connectivity index (χ1v) is 6.60. The Kier molecular flexibility index (Phi) is 7.03. The van der Waals surface area contributed by atoms with Crippen molar-refractivity contribution in [3.8, 4) is 0 Å². The van der Waals surface area contributed by atoms with E-state index in [1.54, 1.807) is 18.7 Å². The van der Waals surface area contributed by atoms with Crippen molar-refractivity contribution in [1.29, 1.82) is 0 Å². The first-order valence-electron chi connectivity index (χ1n) is 5.55. The Labute approximate surface area is 102 Å². The van der Waals surface area contributed by atoms with Crippen LogP contribution in [-0.4, -0.2) is 45.4 Å². The maximum atomic E-state index is 11.2. The predicted octanol–water partition coefficient (Wildman–Crippen LogP) is 1.33. The first-order chi connectivity index (χ1) is 7.31. The molecule has 2 unspecified atom stereocenters. The van der Waals surface area contributed by atoms with Crippen LogP contribution in [0.4, 0.5) is 0 Å². The molecule has 4 nitrogen and oxygen atoms in total. The third kappa shape index (κ3) is 5.72. The van der Waals surface area contributed by atoms with Gasteiger partial charge in [0, 0.05) is 17.0 Å². The number of rotatable bonds is 8. The maximum absolute atomic E-state index is 11.2. The third-order valence-electron chi connectivity index (χ3n) is 2.27. The van der Waals surface area contributed by atoms with Crippen LogP contribution in [0.5, 0.6) is 0 Å². The summed E-state index contributed by atoms with van der Waals surface area (Å²) in [5.74, 6) is -0.170. The highest BCUT2D eigenvalue weighted by molar-refractivity contribution is 7.99. The Bertz CT molecular complexity index is 223. The van der Waals surface area contributed by atoms with Crippen molar-refractivity contribution in [1.82, 2.24) is 5.32 Å². The number of aliphatic hydroxyl groups excluding tert-OH is 1. The lowest BCUT2D eigenvalue weighted by atomic mass is 9.95. The zero-order valence-electron chi connectivity index (χ0n) is 10.5. The molecule has 96 valence electrons. The van der Waals surface area contributed by atoms with Crippen LogP contribution in [0.15, 0.2) is 0 Å². The van der Waals surface area contributed by atoms with Gasteiger partial charge in [-0.25, -0.2) is 0 Å². The molecule has 2 atom stereocenters. The van der Waals surface area contributed by atoms with E-state index >= 15 is 0 Å². The second-order valence-corrected chi connectivity index (χ2v) is 6.09. The largest absolute Gasteiger partial charge is 0.480 e. The van der Waals surface area contributed by atoms with E-state index in [1.807, 2.05) is 20.8 Å². The van der Waals surface area contributed by atoms with Gasteiger partial charge in [0.25, 0.3) is 0 Å². The van der Waals surface area contributed by atoms with Gasteiger partial charge in [-0.2, -0.15) is 11.8 Å². The van der Waals surface area contributed by atoms with Crippen LogP contribution in [0, 0.1) is 0 Å². The number of carbonyl (C=O) groups is 1. The molecule has 0 aliphatic heterocycles. The highest BCUT2D eigenvalue weighted by Gasteiger charge is 2.34. The molecule has 0 bridgehead atoms. The molecule has 0 aliphatic rings. The van der Waals surface area contributed by atoms with Crippen LogP contribution in [0.2, 0.25) is 0 Å². The number of carboxylic acid groups (broad SMARTS) is 1. The Morgan fingerprint density at radius 1 is 1.44 bits per heavy atom. The molecular formula is C11H23NO3S. The number of hydrogen-bond donors (Lipinski definition) is 3. The van der Waals surface area contributed by atoms with Crippen molar-refractivity contribution < 1.29 is 15.0 Å². The van der Waals surface area contributed by atoms with E-state index in [4.69, 9.17) is 5.11 Å². The highest BCUT2D eigenvalue weighted by atomic mass is 32.2. The molecule has 0 radical (unpaired) electrons. The molecular weight excluding hydrogens is 226 g/mol. The SMILES string of the molecule is CC(C)NC(C)(CC(C)SCCO)C(=O)O. The Balaban J connectivity index is 4.37. The average Bonchev–Trinajstić information content (AvgIpc) is 2.12. The molecule has 0 rings (SSSR count). The Morgan fingerprint density at radius 3 is 2.38 bits per heavy atom. The normalized spacial score (nSPS) is 17.1. The summed E-state index contributed by atoms with van der Waals surface area (Å²) >= 11 is 1.59. The van der Waals surface area contributed by atoms with Crippen molar-refractivity contribution in [2.45, 2.75) is 50.9 Å². The number of nitrogens with one attached hydrogen (secondary N) is 1. The summed E-state index contributed by atoms with van der Waals surface area (Å²) in [4.78, 5) is 11.2. The van der Waals surface area contributed by atoms with Gasteiger partial charge >= 0.3 is 5.97 Å². The van der Waals surface area contributed by atoms with Crippen LogP contribution in [0.1, 0.15) is 34.1 Å². The third-order valence-corrected chi connectivity index (χ3v) is 3.42. The molecule has 0 heterocycles. The van der Waals surface area contributed by atoms with E-state index in [1.165, 1.54) is 0 Å². The van der Waals surface area contributed by atoms with E-state index in [0.29, 0.717) is 12.2 Å². The molecule has 0 amide bonds. The molecule has 16 heavy (non-hydrogen) atoms.